The van der Waals surface area contributed by atoms with Crippen LogP contribution in [0.5, 0.6) is 0 Å². The molecule has 3 aromatic heterocycles. The molecule has 35 heavy (non-hydrogen) atoms. The largest absolute Gasteiger partial charge is 0.370 e. The van der Waals surface area contributed by atoms with E-state index in [-0.39, 0.29) is 5.91 Å². The van der Waals surface area contributed by atoms with E-state index in [4.69, 9.17) is 15.8 Å². The summed E-state index contributed by atoms with van der Waals surface area (Å²) in [7, 11) is 0. The first-order chi connectivity index (χ1) is 17.2. The van der Waals surface area contributed by atoms with Crippen LogP contribution in [0.3, 0.4) is 0 Å². The third-order valence-corrected chi connectivity index (χ3v) is 6.71. The van der Waals surface area contributed by atoms with Gasteiger partial charge in [-0.2, -0.15) is 5.10 Å². The average Bonchev–Trinajstić information content (AvgIpc) is 3.49. The number of nitrogens with zero attached hydrogens (tertiary/aromatic N) is 4. The molecular formula is C29H25N5O. The number of fused-ring (bicyclic) bond motifs is 2. The molecule has 0 unspecified atom stereocenters. The Bertz CT molecular complexity index is 1540. The fraction of sp³-hybridized carbons (Fsp3) is 0.172. The summed E-state index contributed by atoms with van der Waals surface area (Å²) in [5.74, 6) is -0.277. The van der Waals surface area contributed by atoms with Crippen LogP contribution in [0.1, 0.15) is 24.1 Å². The van der Waals surface area contributed by atoms with E-state index in [1.165, 1.54) is 11.3 Å². The molecule has 0 spiro atoms. The van der Waals surface area contributed by atoms with Crippen molar-refractivity contribution in [1.29, 1.82) is 0 Å². The van der Waals surface area contributed by atoms with Crippen molar-refractivity contribution < 1.29 is 4.79 Å². The highest BCUT2D eigenvalue weighted by molar-refractivity contribution is 6.00. The van der Waals surface area contributed by atoms with E-state index in [0.717, 1.165) is 63.9 Å². The van der Waals surface area contributed by atoms with Crippen LogP contribution in [0.15, 0.2) is 79.1 Å². The summed E-state index contributed by atoms with van der Waals surface area (Å²) in [5.41, 5.74) is 15.0. The van der Waals surface area contributed by atoms with Gasteiger partial charge in [-0.3, -0.25) is 19.4 Å². The van der Waals surface area contributed by atoms with Crippen LogP contribution in [0.2, 0.25) is 0 Å². The van der Waals surface area contributed by atoms with E-state index >= 15 is 0 Å². The molecule has 0 saturated heterocycles. The van der Waals surface area contributed by atoms with Crippen molar-refractivity contribution in [3.05, 3.63) is 90.4 Å². The minimum absolute atomic E-state index is 0.277. The fourth-order valence-electron chi connectivity index (χ4n) is 4.97. The lowest BCUT2D eigenvalue weighted by molar-refractivity contribution is -0.117. The lowest BCUT2D eigenvalue weighted by Gasteiger charge is -2.11. The third-order valence-electron chi connectivity index (χ3n) is 6.71. The maximum Gasteiger partial charge on any atom is 0.217 e. The quantitative estimate of drug-likeness (QED) is 0.378. The molecule has 6 heteroatoms. The predicted octanol–water partition coefficient (Wildman–Crippen LogP) is 5.19. The first-order valence-electron chi connectivity index (χ1n) is 12.0. The van der Waals surface area contributed by atoms with E-state index in [1.54, 1.807) is 0 Å². The molecule has 0 aliphatic carbocycles. The third kappa shape index (κ3) is 3.97. The molecule has 0 bridgehead atoms. The van der Waals surface area contributed by atoms with Gasteiger partial charge in [-0.05, 0) is 65.8 Å². The van der Waals surface area contributed by atoms with E-state index in [1.807, 2.05) is 30.6 Å². The van der Waals surface area contributed by atoms with Gasteiger partial charge in [0.15, 0.2) is 0 Å². The monoisotopic (exact) mass is 459 g/mol. The van der Waals surface area contributed by atoms with Crippen LogP contribution in [0.25, 0.3) is 44.5 Å². The molecule has 1 amide bonds. The van der Waals surface area contributed by atoms with Gasteiger partial charge in [-0.25, -0.2) is 0 Å². The van der Waals surface area contributed by atoms with Crippen molar-refractivity contribution in [3.63, 3.8) is 0 Å². The highest BCUT2D eigenvalue weighted by Crippen LogP contribution is 2.40. The highest BCUT2D eigenvalue weighted by atomic mass is 16.1. The number of hydrogen-bond acceptors (Lipinski definition) is 4. The number of nitrogens with two attached hydrogens (primary N) is 1. The summed E-state index contributed by atoms with van der Waals surface area (Å²) in [6, 6.07) is 22.8. The Labute approximate surface area is 203 Å². The van der Waals surface area contributed by atoms with Gasteiger partial charge in [0, 0.05) is 42.0 Å². The van der Waals surface area contributed by atoms with Crippen molar-refractivity contribution >= 4 is 16.8 Å². The number of pyridine rings is 2. The van der Waals surface area contributed by atoms with Crippen molar-refractivity contribution in [2.45, 2.75) is 32.2 Å². The Morgan fingerprint density at radius 1 is 0.943 bits per heavy atom. The molecule has 0 saturated carbocycles. The van der Waals surface area contributed by atoms with Gasteiger partial charge < -0.3 is 5.73 Å². The van der Waals surface area contributed by atoms with Crippen LogP contribution in [0, 0.1) is 0 Å². The zero-order valence-electron chi connectivity index (χ0n) is 19.3. The normalized spacial score (nSPS) is 12.7. The Balaban J connectivity index is 1.42. The minimum atomic E-state index is -0.277. The van der Waals surface area contributed by atoms with E-state index < -0.39 is 0 Å². The van der Waals surface area contributed by atoms with E-state index in [0.29, 0.717) is 12.8 Å². The Morgan fingerprint density at radius 2 is 1.80 bits per heavy atom. The van der Waals surface area contributed by atoms with Gasteiger partial charge in [0.1, 0.15) is 5.69 Å². The predicted molar refractivity (Wildman–Crippen MR) is 137 cm³/mol. The summed E-state index contributed by atoms with van der Waals surface area (Å²) >= 11 is 0. The van der Waals surface area contributed by atoms with Gasteiger partial charge in [-0.15, -0.1) is 0 Å². The van der Waals surface area contributed by atoms with Gasteiger partial charge in [-0.1, -0.05) is 42.5 Å². The van der Waals surface area contributed by atoms with Crippen molar-refractivity contribution in [1.82, 2.24) is 19.7 Å². The summed E-state index contributed by atoms with van der Waals surface area (Å²) in [6.45, 7) is 0.942. The maximum atomic E-state index is 11.1. The zero-order valence-corrected chi connectivity index (χ0v) is 19.3. The number of amides is 1. The Kier molecular flexibility index (Phi) is 5.34. The zero-order chi connectivity index (χ0) is 23.8. The highest BCUT2D eigenvalue weighted by Gasteiger charge is 2.25. The number of carbonyl (C=O) groups excluding carboxylic acids is 1. The molecule has 2 N–H and O–H groups in total. The van der Waals surface area contributed by atoms with Gasteiger partial charge in [0.05, 0.1) is 11.2 Å². The van der Waals surface area contributed by atoms with Crippen LogP contribution >= 0.6 is 0 Å². The molecule has 1 aliphatic heterocycles. The molecular weight excluding hydrogens is 434 g/mol. The molecule has 0 fully saturated rings. The number of hydrogen-bond donors (Lipinski definition) is 1. The summed E-state index contributed by atoms with van der Waals surface area (Å²) in [5, 5.41) is 6.05. The van der Waals surface area contributed by atoms with E-state index in [9.17, 15) is 4.79 Å². The van der Waals surface area contributed by atoms with Crippen LogP contribution in [0.4, 0.5) is 0 Å². The molecule has 2 aromatic carbocycles. The average molecular weight is 460 g/mol. The van der Waals surface area contributed by atoms with Gasteiger partial charge in [0.25, 0.3) is 0 Å². The number of aromatic nitrogens is 4. The van der Waals surface area contributed by atoms with Crippen molar-refractivity contribution in [3.8, 4) is 33.6 Å². The molecule has 0 radical (unpaired) electrons. The summed E-state index contributed by atoms with van der Waals surface area (Å²) in [4.78, 5) is 20.4. The smallest absolute Gasteiger partial charge is 0.217 e. The molecule has 5 aromatic rings. The minimum Gasteiger partial charge on any atom is -0.370 e. The number of primary amides is 1. The molecule has 172 valence electrons. The second-order valence-electron chi connectivity index (χ2n) is 8.97. The lowest BCUT2D eigenvalue weighted by atomic mass is 9.95. The van der Waals surface area contributed by atoms with Crippen LogP contribution in [-0.4, -0.2) is 25.7 Å². The lowest BCUT2D eigenvalue weighted by Crippen LogP contribution is -2.11. The first-order valence-corrected chi connectivity index (χ1v) is 12.0. The van der Waals surface area contributed by atoms with E-state index in [2.05, 4.69) is 58.2 Å². The molecule has 1 aliphatic rings. The SMILES string of the molecule is NC(=O)CCc1ccc(-c2ccc3c(-c4c(-c5ccccn5)nn5c4CCC5)ccnc3c2)cc1. The standard InChI is InChI=1S/C29H25N5O/c30-27(35)13-8-19-6-9-20(10-7-19)21-11-12-22-23(14-16-32-25(22)18-21)28-26-5-3-17-34(26)33-29(28)24-4-1-2-15-31-24/h1-2,4,6-7,9-12,14-16,18H,3,5,8,13,17H2,(H2,30,35). The molecule has 4 heterocycles. The molecule has 6 rings (SSSR count). The van der Waals surface area contributed by atoms with Crippen LogP contribution < -0.4 is 5.73 Å². The molecule has 6 nitrogen and oxygen atoms in total. The number of benzene rings is 2. The molecule has 0 atom stereocenters. The van der Waals surface area contributed by atoms with Gasteiger partial charge >= 0.3 is 0 Å². The van der Waals surface area contributed by atoms with Crippen LogP contribution in [-0.2, 0) is 24.2 Å². The fourth-order valence-corrected chi connectivity index (χ4v) is 4.97. The second-order valence-corrected chi connectivity index (χ2v) is 8.97. The Hall–Kier alpha value is -4.32. The topological polar surface area (TPSA) is 86.7 Å². The summed E-state index contributed by atoms with van der Waals surface area (Å²) < 4.78 is 2.14. The Morgan fingerprint density at radius 3 is 2.60 bits per heavy atom. The maximum absolute atomic E-state index is 11.1. The first kappa shape index (κ1) is 21.2. The van der Waals surface area contributed by atoms with Crippen molar-refractivity contribution in [2.75, 3.05) is 0 Å². The summed E-state index contributed by atoms with van der Waals surface area (Å²) in [6.07, 6.45) is 6.85. The van der Waals surface area contributed by atoms with Gasteiger partial charge in [0.2, 0.25) is 5.91 Å². The number of carbonyl (C=O) groups is 1. The van der Waals surface area contributed by atoms with Crippen molar-refractivity contribution in [2.24, 2.45) is 5.73 Å². The number of rotatable bonds is 6. The number of aryl methyl sites for hydroxylation is 2. The second kappa shape index (κ2) is 8.80.